The summed E-state index contributed by atoms with van der Waals surface area (Å²) >= 11 is 11.4. The van der Waals surface area contributed by atoms with Crippen LogP contribution in [0.3, 0.4) is 0 Å². The van der Waals surface area contributed by atoms with Crippen LogP contribution in [-0.4, -0.2) is 6.54 Å². The van der Waals surface area contributed by atoms with Gasteiger partial charge in [-0.15, -0.1) is 0 Å². The fraction of sp³-hybridized carbons (Fsp3) is 0.231. The predicted octanol–water partition coefficient (Wildman–Crippen LogP) is 4.86. The standard InChI is InChI=1S/C13H13BrClNS/c1-2-16-13(9-5-6-17-8-9)11-7-10(15)3-4-12(11)14/h3-8,13,16H,2H2,1H3. The Hall–Kier alpha value is -0.350. The number of hydrogen-bond donors (Lipinski definition) is 1. The van der Waals surface area contributed by atoms with E-state index in [0.29, 0.717) is 0 Å². The molecule has 0 fully saturated rings. The van der Waals surface area contributed by atoms with Gasteiger partial charge in [0, 0.05) is 9.50 Å². The molecule has 1 unspecified atom stereocenters. The van der Waals surface area contributed by atoms with Gasteiger partial charge in [0.05, 0.1) is 6.04 Å². The second-order valence-corrected chi connectivity index (χ2v) is 5.78. The van der Waals surface area contributed by atoms with Crippen LogP contribution < -0.4 is 5.32 Å². The average Bonchev–Trinajstić information content (AvgIpc) is 2.83. The molecule has 4 heteroatoms. The molecule has 1 aromatic heterocycles. The topological polar surface area (TPSA) is 12.0 Å². The van der Waals surface area contributed by atoms with Gasteiger partial charge < -0.3 is 5.32 Å². The molecule has 0 aliphatic carbocycles. The average molecular weight is 331 g/mol. The normalized spacial score (nSPS) is 12.6. The molecule has 1 atom stereocenters. The van der Waals surface area contributed by atoms with E-state index in [9.17, 15) is 0 Å². The first-order chi connectivity index (χ1) is 8.22. The number of thiophene rings is 1. The Labute approximate surface area is 119 Å². The summed E-state index contributed by atoms with van der Waals surface area (Å²) in [5.74, 6) is 0. The van der Waals surface area contributed by atoms with Gasteiger partial charge in [-0.05, 0) is 52.7 Å². The van der Waals surface area contributed by atoms with E-state index in [-0.39, 0.29) is 6.04 Å². The highest BCUT2D eigenvalue weighted by Gasteiger charge is 2.16. The molecule has 0 spiro atoms. The molecule has 0 saturated carbocycles. The zero-order valence-electron chi connectivity index (χ0n) is 9.41. The molecular weight excluding hydrogens is 318 g/mol. The van der Waals surface area contributed by atoms with Crippen LogP contribution in [0.25, 0.3) is 0 Å². The second kappa shape index (κ2) is 6.01. The number of hydrogen-bond acceptors (Lipinski definition) is 2. The van der Waals surface area contributed by atoms with Gasteiger partial charge in [-0.3, -0.25) is 0 Å². The molecule has 90 valence electrons. The summed E-state index contributed by atoms with van der Waals surface area (Å²) in [6.45, 7) is 3.03. The maximum atomic E-state index is 6.08. The molecule has 0 radical (unpaired) electrons. The van der Waals surface area contributed by atoms with Crippen LogP contribution in [0, 0.1) is 0 Å². The third-order valence-corrected chi connectivity index (χ3v) is 4.21. The number of rotatable bonds is 4. The highest BCUT2D eigenvalue weighted by molar-refractivity contribution is 9.10. The van der Waals surface area contributed by atoms with Crippen molar-refractivity contribution in [2.24, 2.45) is 0 Å². The first-order valence-corrected chi connectivity index (χ1v) is 7.54. The summed E-state index contributed by atoms with van der Waals surface area (Å²) in [4.78, 5) is 0. The molecule has 1 aromatic carbocycles. The molecule has 0 bridgehead atoms. The van der Waals surface area contributed by atoms with Gasteiger partial charge in [-0.25, -0.2) is 0 Å². The van der Waals surface area contributed by atoms with Crippen molar-refractivity contribution in [2.75, 3.05) is 6.54 Å². The Balaban J connectivity index is 2.42. The molecule has 1 nitrogen and oxygen atoms in total. The first-order valence-electron chi connectivity index (χ1n) is 5.42. The highest BCUT2D eigenvalue weighted by Crippen LogP contribution is 2.31. The summed E-state index contributed by atoms with van der Waals surface area (Å²) in [6, 6.07) is 8.24. The van der Waals surface area contributed by atoms with Crippen molar-refractivity contribution in [1.29, 1.82) is 0 Å². The van der Waals surface area contributed by atoms with Gasteiger partial charge in [0.25, 0.3) is 0 Å². The molecule has 1 heterocycles. The van der Waals surface area contributed by atoms with Crippen LogP contribution >= 0.6 is 38.9 Å². The zero-order valence-corrected chi connectivity index (χ0v) is 12.6. The van der Waals surface area contributed by atoms with E-state index in [0.717, 1.165) is 16.0 Å². The monoisotopic (exact) mass is 329 g/mol. The Morgan fingerprint density at radius 2 is 2.24 bits per heavy atom. The third-order valence-electron chi connectivity index (χ3n) is 2.55. The van der Waals surface area contributed by atoms with Crippen LogP contribution in [0.15, 0.2) is 39.5 Å². The van der Waals surface area contributed by atoms with E-state index in [1.807, 2.05) is 18.2 Å². The van der Waals surface area contributed by atoms with Crippen molar-refractivity contribution < 1.29 is 0 Å². The fourth-order valence-corrected chi connectivity index (χ4v) is 3.13. The minimum absolute atomic E-state index is 0.194. The maximum absolute atomic E-state index is 6.08. The lowest BCUT2D eigenvalue weighted by Crippen LogP contribution is -2.21. The van der Waals surface area contributed by atoms with Crippen LogP contribution in [0.5, 0.6) is 0 Å². The molecule has 1 N–H and O–H groups in total. The molecule has 0 aliphatic heterocycles. The number of nitrogens with one attached hydrogen (secondary N) is 1. The Morgan fingerprint density at radius 3 is 2.88 bits per heavy atom. The smallest absolute Gasteiger partial charge is 0.0596 e. The summed E-state index contributed by atoms with van der Waals surface area (Å²) < 4.78 is 1.08. The summed E-state index contributed by atoms with van der Waals surface area (Å²) in [5.41, 5.74) is 2.46. The van der Waals surface area contributed by atoms with E-state index in [2.05, 4.69) is 45.0 Å². The lowest BCUT2D eigenvalue weighted by Gasteiger charge is -2.19. The van der Waals surface area contributed by atoms with E-state index in [1.165, 1.54) is 11.1 Å². The summed E-state index contributed by atoms with van der Waals surface area (Å²) in [7, 11) is 0. The Bertz CT molecular complexity index is 484. The van der Waals surface area contributed by atoms with Gasteiger partial charge in [-0.2, -0.15) is 11.3 Å². The lowest BCUT2D eigenvalue weighted by molar-refractivity contribution is 0.630. The fourth-order valence-electron chi connectivity index (χ4n) is 1.79. The largest absolute Gasteiger partial charge is 0.306 e. The molecule has 2 rings (SSSR count). The maximum Gasteiger partial charge on any atom is 0.0596 e. The van der Waals surface area contributed by atoms with Crippen molar-refractivity contribution in [3.05, 3.63) is 55.6 Å². The van der Waals surface area contributed by atoms with E-state index in [1.54, 1.807) is 11.3 Å². The number of halogens is 2. The van der Waals surface area contributed by atoms with E-state index < -0.39 is 0 Å². The van der Waals surface area contributed by atoms with Crippen molar-refractivity contribution in [2.45, 2.75) is 13.0 Å². The molecule has 17 heavy (non-hydrogen) atoms. The molecular formula is C13H13BrClNS. The van der Waals surface area contributed by atoms with Crippen molar-refractivity contribution in [3.8, 4) is 0 Å². The van der Waals surface area contributed by atoms with E-state index in [4.69, 9.17) is 11.6 Å². The third kappa shape index (κ3) is 3.10. The van der Waals surface area contributed by atoms with Gasteiger partial charge in [0.1, 0.15) is 0 Å². The summed E-state index contributed by atoms with van der Waals surface area (Å²) in [5, 5.41) is 8.52. The molecule has 2 aromatic rings. The second-order valence-electron chi connectivity index (χ2n) is 3.71. The molecule has 0 amide bonds. The predicted molar refractivity (Wildman–Crippen MR) is 79.0 cm³/mol. The molecule has 0 saturated heterocycles. The van der Waals surface area contributed by atoms with Crippen LogP contribution in [-0.2, 0) is 0 Å². The zero-order chi connectivity index (χ0) is 12.3. The minimum Gasteiger partial charge on any atom is -0.306 e. The van der Waals surface area contributed by atoms with Crippen molar-refractivity contribution in [3.63, 3.8) is 0 Å². The van der Waals surface area contributed by atoms with Gasteiger partial charge in [0.2, 0.25) is 0 Å². The lowest BCUT2D eigenvalue weighted by atomic mass is 10.0. The first kappa shape index (κ1) is 13.1. The van der Waals surface area contributed by atoms with Crippen molar-refractivity contribution in [1.82, 2.24) is 5.32 Å². The Kier molecular flexibility index (Phi) is 4.62. The number of benzene rings is 1. The Morgan fingerprint density at radius 1 is 1.41 bits per heavy atom. The SMILES string of the molecule is CCNC(c1ccsc1)c1cc(Cl)ccc1Br. The van der Waals surface area contributed by atoms with Gasteiger partial charge in [0.15, 0.2) is 0 Å². The highest BCUT2D eigenvalue weighted by atomic mass is 79.9. The van der Waals surface area contributed by atoms with Gasteiger partial charge >= 0.3 is 0 Å². The van der Waals surface area contributed by atoms with Crippen molar-refractivity contribution >= 4 is 38.9 Å². The van der Waals surface area contributed by atoms with Crippen LogP contribution in [0.1, 0.15) is 24.1 Å². The minimum atomic E-state index is 0.194. The summed E-state index contributed by atoms with van der Waals surface area (Å²) in [6.07, 6.45) is 0. The molecule has 0 aliphatic rings. The van der Waals surface area contributed by atoms with E-state index >= 15 is 0 Å². The van der Waals surface area contributed by atoms with Gasteiger partial charge in [-0.1, -0.05) is 34.5 Å². The van der Waals surface area contributed by atoms with Crippen LogP contribution in [0.4, 0.5) is 0 Å². The van der Waals surface area contributed by atoms with Crippen LogP contribution in [0.2, 0.25) is 5.02 Å². The quantitative estimate of drug-likeness (QED) is 0.844.